The lowest BCUT2D eigenvalue weighted by molar-refractivity contribution is -0.120. The van der Waals surface area contributed by atoms with Gasteiger partial charge in [-0.25, -0.2) is 0 Å². The fourth-order valence-corrected chi connectivity index (χ4v) is 3.70. The number of amides is 2. The number of aromatic amines is 1. The molecular weight excluding hydrogens is 386 g/mol. The van der Waals surface area contributed by atoms with Gasteiger partial charge in [-0.1, -0.05) is 42.0 Å². The van der Waals surface area contributed by atoms with Crippen LogP contribution in [0.15, 0.2) is 72.8 Å². The minimum Gasteiger partial charge on any atom is -0.358 e. The van der Waals surface area contributed by atoms with Crippen LogP contribution in [0.3, 0.4) is 0 Å². The van der Waals surface area contributed by atoms with Crippen molar-refractivity contribution in [2.24, 2.45) is 0 Å². The van der Waals surface area contributed by atoms with Crippen LogP contribution in [0.1, 0.15) is 32.7 Å². The van der Waals surface area contributed by atoms with Gasteiger partial charge in [0.15, 0.2) is 0 Å². The Hall–Kier alpha value is -3.86. The van der Waals surface area contributed by atoms with Crippen molar-refractivity contribution in [2.45, 2.75) is 26.8 Å². The first-order valence-electron chi connectivity index (χ1n) is 10.3. The Bertz CT molecular complexity index is 1240. The molecule has 1 aromatic heterocycles. The first kappa shape index (κ1) is 20.4. The van der Waals surface area contributed by atoms with Gasteiger partial charge < -0.3 is 15.6 Å². The number of rotatable bonds is 6. The molecular formula is C26H25N3O2. The number of para-hydroxylation sites is 1. The fourth-order valence-electron chi connectivity index (χ4n) is 3.70. The van der Waals surface area contributed by atoms with Crippen LogP contribution in [0.4, 0.5) is 5.69 Å². The SMILES string of the molecule is Cc1ccc2[nH]c(C)c(CC(=O)NCc3cccc(C(=O)Nc4ccccc4)c3)c2c1. The van der Waals surface area contributed by atoms with E-state index in [0.717, 1.165) is 33.4 Å². The molecule has 3 aromatic carbocycles. The van der Waals surface area contributed by atoms with Crippen LogP contribution in [-0.2, 0) is 17.8 Å². The molecule has 0 bridgehead atoms. The van der Waals surface area contributed by atoms with Crippen LogP contribution in [0.2, 0.25) is 0 Å². The van der Waals surface area contributed by atoms with Crippen LogP contribution >= 0.6 is 0 Å². The maximum absolute atomic E-state index is 12.6. The number of hydrogen-bond donors (Lipinski definition) is 3. The predicted octanol–water partition coefficient (Wildman–Crippen LogP) is 4.90. The van der Waals surface area contributed by atoms with Crippen LogP contribution < -0.4 is 10.6 Å². The number of carbonyl (C=O) groups excluding carboxylic acids is 2. The van der Waals surface area contributed by atoms with E-state index < -0.39 is 0 Å². The molecule has 0 aliphatic heterocycles. The van der Waals surface area contributed by atoms with Gasteiger partial charge in [0.05, 0.1) is 6.42 Å². The molecule has 0 saturated carbocycles. The molecule has 0 fully saturated rings. The summed E-state index contributed by atoms with van der Waals surface area (Å²) in [6, 6.07) is 22.8. The molecule has 4 rings (SSSR count). The topological polar surface area (TPSA) is 74.0 Å². The number of carbonyl (C=O) groups is 2. The van der Waals surface area contributed by atoms with E-state index >= 15 is 0 Å². The molecule has 2 amide bonds. The first-order valence-corrected chi connectivity index (χ1v) is 10.3. The van der Waals surface area contributed by atoms with Crippen LogP contribution in [-0.4, -0.2) is 16.8 Å². The Morgan fingerprint density at radius 3 is 2.52 bits per heavy atom. The molecule has 4 aromatic rings. The van der Waals surface area contributed by atoms with Crippen molar-refractivity contribution in [3.8, 4) is 0 Å². The average Bonchev–Trinajstić information content (AvgIpc) is 3.07. The minimum absolute atomic E-state index is 0.0513. The third-order valence-electron chi connectivity index (χ3n) is 5.32. The number of fused-ring (bicyclic) bond motifs is 1. The highest BCUT2D eigenvalue weighted by atomic mass is 16.2. The summed E-state index contributed by atoms with van der Waals surface area (Å²) in [6.07, 6.45) is 0.309. The molecule has 3 N–H and O–H groups in total. The molecule has 0 radical (unpaired) electrons. The highest BCUT2D eigenvalue weighted by Crippen LogP contribution is 2.23. The number of anilines is 1. The van der Waals surface area contributed by atoms with Crippen LogP contribution in [0.25, 0.3) is 10.9 Å². The molecule has 5 heteroatoms. The molecule has 156 valence electrons. The van der Waals surface area contributed by atoms with Gasteiger partial charge in [-0.2, -0.15) is 0 Å². The van der Waals surface area contributed by atoms with E-state index in [0.29, 0.717) is 18.5 Å². The average molecular weight is 412 g/mol. The highest BCUT2D eigenvalue weighted by molar-refractivity contribution is 6.04. The van der Waals surface area contributed by atoms with E-state index in [1.54, 1.807) is 12.1 Å². The van der Waals surface area contributed by atoms with Crippen molar-refractivity contribution in [1.29, 1.82) is 0 Å². The molecule has 0 unspecified atom stereocenters. The summed E-state index contributed by atoms with van der Waals surface area (Å²) in [5.41, 5.74) is 6.42. The van der Waals surface area contributed by atoms with E-state index in [2.05, 4.69) is 27.8 Å². The normalized spacial score (nSPS) is 10.8. The van der Waals surface area contributed by atoms with E-state index in [1.807, 2.05) is 62.4 Å². The second-order valence-corrected chi connectivity index (χ2v) is 7.75. The summed E-state index contributed by atoms with van der Waals surface area (Å²) in [5, 5.41) is 6.94. The monoisotopic (exact) mass is 411 g/mol. The van der Waals surface area contributed by atoms with Crippen LogP contribution in [0.5, 0.6) is 0 Å². The van der Waals surface area contributed by atoms with Gasteiger partial charge in [0.1, 0.15) is 0 Å². The number of hydrogen-bond acceptors (Lipinski definition) is 2. The van der Waals surface area contributed by atoms with E-state index in [4.69, 9.17) is 0 Å². The number of aromatic nitrogens is 1. The summed E-state index contributed by atoms with van der Waals surface area (Å²) in [5.74, 6) is -0.228. The molecule has 0 atom stereocenters. The lowest BCUT2D eigenvalue weighted by Crippen LogP contribution is -2.25. The molecule has 0 saturated heterocycles. The largest absolute Gasteiger partial charge is 0.358 e. The van der Waals surface area contributed by atoms with Gasteiger partial charge in [-0.3, -0.25) is 9.59 Å². The standard InChI is InChI=1S/C26H25N3O2/c1-17-11-12-24-23(13-17)22(18(2)28-24)15-25(30)27-16-19-7-6-8-20(14-19)26(31)29-21-9-4-3-5-10-21/h3-14,28H,15-16H2,1-2H3,(H,27,30)(H,29,31). The highest BCUT2D eigenvalue weighted by Gasteiger charge is 2.13. The summed E-state index contributed by atoms with van der Waals surface area (Å²) >= 11 is 0. The molecule has 0 spiro atoms. The predicted molar refractivity (Wildman–Crippen MR) is 124 cm³/mol. The zero-order chi connectivity index (χ0) is 21.8. The molecule has 1 heterocycles. The molecule has 31 heavy (non-hydrogen) atoms. The Morgan fingerprint density at radius 1 is 0.903 bits per heavy atom. The zero-order valence-electron chi connectivity index (χ0n) is 17.7. The maximum Gasteiger partial charge on any atom is 0.255 e. The van der Waals surface area contributed by atoms with Crippen LogP contribution in [0, 0.1) is 13.8 Å². The van der Waals surface area contributed by atoms with E-state index in [-0.39, 0.29) is 11.8 Å². The molecule has 0 aliphatic carbocycles. The zero-order valence-corrected chi connectivity index (χ0v) is 17.7. The lowest BCUT2D eigenvalue weighted by Gasteiger charge is -2.09. The van der Waals surface area contributed by atoms with Crippen molar-refractivity contribution in [3.63, 3.8) is 0 Å². The Kier molecular flexibility index (Phi) is 5.85. The van der Waals surface area contributed by atoms with Crippen molar-refractivity contribution in [3.05, 3.63) is 101 Å². The Balaban J connectivity index is 1.40. The fraction of sp³-hybridized carbons (Fsp3) is 0.154. The number of benzene rings is 3. The second-order valence-electron chi connectivity index (χ2n) is 7.75. The summed E-state index contributed by atoms with van der Waals surface area (Å²) in [7, 11) is 0. The summed E-state index contributed by atoms with van der Waals surface area (Å²) in [4.78, 5) is 28.5. The summed E-state index contributed by atoms with van der Waals surface area (Å²) < 4.78 is 0. The van der Waals surface area contributed by atoms with Gasteiger partial charge in [0.25, 0.3) is 5.91 Å². The Labute approximate surface area is 181 Å². The second kappa shape index (κ2) is 8.88. The van der Waals surface area contributed by atoms with Crippen molar-refractivity contribution in [2.75, 3.05) is 5.32 Å². The van der Waals surface area contributed by atoms with Gasteiger partial charge in [0, 0.05) is 34.4 Å². The van der Waals surface area contributed by atoms with E-state index in [1.165, 1.54) is 5.56 Å². The van der Waals surface area contributed by atoms with Crippen molar-refractivity contribution < 1.29 is 9.59 Å². The third-order valence-corrected chi connectivity index (χ3v) is 5.32. The number of H-pyrrole nitrogens is 1. The van der Waals surface area contributed by atoms with Gasteiger partial charge in [-0.05, 0) is 61.4 Å². The van der Waals surface area contributed by atoms with Gasteiger partial charge in [-0.15, -0.1) is 0 Å². The van der Waals surface area contributed by atoms with Crippen molar-refractivity contribution in [1.82, 2.24) is 10.3 Å². The first-order chi connectivity index (χ1) is 15.0. The Morgan fingerprint density at radius 2 is 1.71 bits per heavy atom. The number of nitrogens with one attached hydrogen (secondary N) is 3. The third kappa shape index (κ3) is 4.83. The molecule has 0 aliphatic rings. The van der Waals surface area contributed by atoms with E-state index in [9.17, 15) is 9.59 Å². The lowest BCUT2D eigenvalue weighted by atomic mass is 10.1. The van der Waals surface area contributed by atoms with Gasteiger partial charge in [0.2, 0.25) is 5.91 Å². The quantitative estimate of drug-likeness (QED) is 0.422. The maximum atomic E-state index is 12.6. The molecule has 5 nitrogen and oxygen atoms in total. The van der Waals surface area contributed by atoms with Crippen molar-refractivity contribution >= 4 is 28.4 Å². The number of aryl methyl sites for hydroxylation is 2. The van der Waals surface area contributed by atoms with Gasteiger partial charge >= 0.3 is 0 Å². The minimum atomic E-state index is -0.177. The summed E-state index contributed by atoms with van der Waals surface area (Å²) in [6.45, 7) is 4.41. The smallest absolute Gasteiger partial charge is 0.255 e.